The molecule has 1 aliphatic rings. The molecule has 1 amide bonds. The van der Waals surface area contributed by atoms with Crippen LogP contribution in [0.1, 0.15) is 55.5 Å². The van der Waals surface area contributed by atoms with Gasteiger partial charge in [-0.15, -0.1) is 0 Å². The normalized spacial score (nSPS) is 15.6. The first kappa shape index (κ1) is 24.3. The van der Waals surface area contributed by atoms with Crippen LogP contribution >= 0.6 is 0 Å². The lowest BCUT2D eigenvalue weighted by Gasteiger charge is -2.12. The summed E-state index contributed by atoms with van der Waals surface area (Å²) in [5.74, 6) is 2.12. The summed E-state index contributed by atoms with van der Waals surface area (Å²) in [6, 6.07) is 14.7. The van der Waals surface area contributed by atoms with Gasteiger partial charge in [0.15, 0.2) is 0 Å². The number of fused-ring (bicyclic) bond motifs is 1. The summed E-state index contributed by atoms with van der Waals surface area (Å²) in [4.78, 5) is 16.9. The van der Waals surface area contributed by atoms with Gasteiger partial charge in [0.25, 0.3) is 0 Å². The van der Waals surface area contributed by atoms with Gasteiger partial charge >= 0.3 is 0 Å². The van der Waals surface area contributed by atoms with Gasteiger partial charge in [-0.2, -0.15) is 0 Å². The number of para-hydroxylation sites is 2. The molecular formula is C28H37N3O3. The van der Waals surface area contributed by atoms with Crippen LogP contribution in [0.25, 0.3) is 11.0 Å². The second-order valence-corrected chi connectivity index (χ2v) is 9.30. The molecule has 1 unspecified atom stereocenters. The molecule has 6 nitrogen and oxygen atoms in total. The third kappa shape index (κ3) is 6.60. The first-order chi connectivity index (χ1) is 16.6. The predicted molar refractivity (Wildman–Crippen MR) is 135 cm³/mol. The number of benzene rings is 2. The predicted octanol–water partition coefficient (Wildman–Crippen LogP) is 5.13. The van der Waals surface area contributed by atoms with Gasteiger partial charge in [0.2, 0.25) is 5.91 Å². The summed E-state index contributed by atoms with van der Waals surface area (Å²) in [7, 11) is 0. The number of nitrogens with zero attached hydrogens (tertiary/aromatic N) is 2. The zero-order chi connectivity index (χ0) is 23.8. The third-order valence-electron chi connectivity index (χ3n) is 6.32. The summed E-state index contributed by atoms with van der Waals surface area (Å²) < 4.78 is 13.8. The summed E-state index contributed by atoms with van der Waals surface area (Å²) in [6.07, 6.45) is 6.54. The Hall–Kier alpha value is -2.86. The molecule has 2 aromatic carbocycles. The van der Waals surface area contributed by atoms with Crippen LogP contribution in [0.5, 0.6) is 5.75 Å². The van der Waals surface area contributed by atoms with Crippen molar-refractivity contribution >= 4 is 16.9 Å². The summed E-state index contributed by atoms with van der Waals surface area (Å²) in [5, 5.41) is 3.01. The standard InChI is InChI=1S/C28H37N3O3/c1-21-18-22(2)20-23(19-21)33-17-9-15-31-25-11-6-5-10-24(25)30-27(31)13-4-3-7-14-29-28(32)26-12-8-16-34-26/h5-6,10-11,18-20,26H,3-4,7-9,12-17H2,1-2H3,(H,29,32). The fraction of sp³-hybridized carbons (Fsp3) is 0.500. The molecule has 0 spiro atoms. The van der Waals surface area contributed by atoms with Crippen LogP contribution in [-0.4, -0.2) is 41.3 Å². The number of amides is 1. The van der Waals surface area contributed by atoms with Crippen LogP contribution in [-0.2, 0) is 22.5 Å². The number of aryl methyl sites for hydroxylation is 4. The van der Waals surface area contributed by atoms with Crippen molar-refractivity contribution in [1.82, 2.24) is 14.9 Å². The highest BCUT2D eigenvalue weighted by molar-refractivity contribution is 5.80. The largest absolute Gasteiger partial charge is 0.494 e. The number of hydrogen-bond donors (Lipinski definition) is 1. The maximum absolute atomic E-state index is 12.0. The lowest BCUT2D eigenvalue weighted by atomic mass is 10.1. The Balaban J connectivity index is 1.24. The maximum atomic E-state index is 12.0. The number of nitrogens with one attached hydrogen (secondary N) is 1. The Bertz CT molecular complexity index is 1070. The average Bonchev–Trinajstić information content (AvgIpc) is 3.47. The molecule has 4 rings (SSSR count). The highest BCUT2D eigenvalue weighted by Crippen LogP contribution is 2.20. The summed E-state index contributed by atoms with van der Waals surface area (Å²) >= 11 is 0. The maximum Gasteiger partial charge on any atom is 0.249 e. The van der Waals surface area contributed by atoms with Crippen LogP contribution in [0.3, 0.4) is 0 Å². The van der Waals surface area contributed by atoms with E-state index < -0.39 is 0 Å². The molecule has 2 heterocycles. The van der Waals surface area contributed by atoms with Crippen LogP contribution in [0.15, 0.2) is 42.5 Å². The lowest BCUT2D eigenvalue weighted by molar-refractivity contribution is -0.130. The molecule has 0 bridgehead atoms. The molecule has 1 N–H and O–H groups in total. The number of hydrogen-bond acceptors (Lipinski definition) is 4. The number of imidazole rings is 1. The van der Waals surface area contributed by atoms with Crippen molar-refractivity contribution in [2.75, 3.05) is 19.8 Å². The highest BCUT2D eigenvalue weighted by Gasteiger charge is 2.22. The monoisotopic (exact) mass is 463 g/mol. The minimum atomic E-state index is -0.237. The van der Waals surface area contributed by atoms with Crippen LogP contribution in [0.4, 0.5) is 0 Å². The first-order valence-corrected chi connectivity index (χ1v) is 12.6. The van der Waals surface area contributed by atoms with Gasteiger partial charge in [-0.3, -0.25) is 4.79 Å². The van der Waals surface area contributed by atoms with Crippen molar-refractivity contribution in [2.45, 2.75) is 71.4 Å². The molecule has 34 heavy (non-hydrogen) atoms. The van der Waals surface area contributed by atoms with E-state index in [4.69, 9.17) is 14.5 Å². The molecule has 1 saturated heterocycles. The van der Waals surface area contributed by atoms with Gasteiger partial charge < -0.3 is 19.4 Å². The molecule has 0 saturated carbocycles. The van der Waals surface area contributed by atoms with Gasteiger partial charge in [-0.1, -0.05) is 24.6 Å². The quantitative estimate of drug-likeness (QED) is 0.378. The third-order valence-corrected chi connectivity index (χ3v) is 6.32. The fourth-order valence-electron chi connectivity index (χ4n) is 4.69. The van der Waals surface area contributed by atoms with E-state index in [0.717, 1.165) is 68.6 Å². The molecule has 182 valence electrons. The SMILES string of the molecule is Cc1cc(C)cc(OCCCn2c(CCCCCNC(=O)C3CCCO3)nc3ccccc32)c1. The number of rotatable bonds is 12. The number of carbonyl (C=O) groups is 1. The molecule has 1 fully saturated rings. The molecular weight excluding hydrogens is 426 g/mol. The Morgan fingerprint density at radius 2 is 1.94 bits per heavy atom. The molecule has 3 aromatic rings. The van der Waals surface area contributed by atoms with Crippen molar-refractivity contribution in [3.63, 3.8) is 0 Å². The summed E-state index contributed by atoms with van der Waals surface area (Å²) in [6.45, 7) is 7.18. The Labute approximate surface area is 202 Å². The Morgan fingerprint density at radius 3 is 2.74 bits per heavy atom. The van der Waals surface area contributed by atoms with Crippen molar-refractivity contribution in [1.29, 1.82) is 0 Å². The van der Waals surface area contributed by atoms with Crippen molar-refractivity contribution < 1.29 is 14.3 Å². The number of unbranched alkanes of at least 4 members (excludes halogenated alkanes) is 2. The van der Waals surface area contributed by atoms with E-state index in [9.17, 15) is 4.79 Å². The Morgan fingerprint density at radius 1 is 1.12 bits per heavy atom. The Kier molecular flexibility index (Phi) is 8.58. The number of ether oxygens (including phenoxy) is 2. The second-order valence-electron chi connectivity index (χ2n) is 9.30. The van der Waals surface area contributed by atoms with Crippen LogP contribution in [0, 0.1) is 13.8 Å². The van der Waals surface area contributed by atoms with E-state index in [1.165, 1.54) is 16.6 Å². The zero-order valence-corrected chi connectivity index (χ0v) is 20.5. The molecule has 1 atom stereocenters. The van der Waals surface area contributed by atoms with Crippen molar-refractivity contribution in [3.8, 4) is 5.75 Å². The van der Waals surface area contributed by atoms with Gasteiger partial charge in [0.05, 0.1) is 17.6 Å². The van der Waals surface area contributed by atoms with E-state index >= 15 is 0 Å². The minimum Gasteiger partial charge on any atom is -0.494 e. The molecule has 1 aromatic heterocycles. The van der Waals surface area contributed by atoms with E-state index in [1.54, 1.807) is 0 Å². The van der Waals surface area contributed by atoms with Crippen molar-refractivity contribution in [3.05, 3.63) is 59.4 Å². The fourth-order valence-corrected chi connectivity index (χ4v) is 4.69. The first-order valence-electron chi connectivity index (χ1n) is 12.6. The molecule has 1 aliphatic heterocycles. The molecule has 0 aliphatic carbocycles. The molecule has 6 heteroatoms. The summed E-state index contributed by atoms with van der Waals surface area (Å²) in [5.41, 5.74) is 4.69. The van der Waals surface area contributed by atoms with E-state index in [2.05, 4.69) is 60.1 Å². The number of aromatic nitrogens is 2. The van der Waals surface area contributed by atoms with Crippen LogP contribution in [0.2, 0.25) is 0 Å². The topological polar surface area (TPSA) is 65.4 Å². The van der Waals surface area contributed by atoms with E-state index in [0.29, 0.717) is 19.8 Å². The van der Waals surface area contributed by atoms with Crippen LogP contribution < -0.4 is 10.1 Å². The van der Waals surface area contributed by atoms with Gasteiger partial charge in [-0.25, -0.2) is 4.98 Å². The van der Waals surface area contributed by atoms with E-state index in [1.807, 2.05) is 6.07 Å². The van der Waals surface area contributed by atoms with Crippen molar-refractivity contribution in [2.24, 2.45) is 0 Å². The number of carbonyl (C=O) groups excluding carboxylic acids is 1. The lowest BCUT2D eigenvalue weighted by Crippen LogP contribution is -2.34. The minimum absolute atomic E-state index is 0.0438. The second kappa shape index (κ2) is 12.0. The van der Waals surface area contributed by atoms with Gasteiger partial charge in [0, 0.05) is 26.1 Å². The highest BCUT2D eigenvalue weighted by atomic mass is 16.5. The average molecular weight is 464 g/mol. The van der Waals surface area contributed by atoms with E-state index in [-0.39, 0.29) is 12.0 Å². The zero-order valence-electron chi connectivity index (χ0n) is 20.5. The smallest absolute Gasteiger partial charge is 0.249 e. The van der Waals surface area contributed by atoms with Gasteiger partial charge in [-0.05, 0) is 81.3 Å². The van der Waals surface area contributed by atoms with Gasteiger partial charge in [0.1, 0.15) is 17.7 Å². The molecule has 0 radical (unpaired) electrons.